The predicted molar refractivity (Wildman–Crippen MR) is 156 cm³/mol. The highest BCUT2D eigenvalue weighted by molar-refractivity contribution is 8.18. The number of amides is 3. The average Bonchev–Trinajstić information content (AvgIpc) is 3.14. The Bertz CT molecular complexity index is 1490. The predicted octanol–water partition coefficient (Wildman–Crippen LogP) is 7.87. The quantitative estimate of drug-likeness (QED) is 0.256. The van der Waals surface area contributed by atoms with E-state index in [0.29, 0.717) is 31.9 Å². The molecule has 0 radical (unpaired) electrons. The summed E-state index contributed by atoms with van der Waals surface area (Å²) >= 11 is 25.7. The lowest BCUT2D eigenvalue weighted by Crippen LogP contribution is -2.27. The molecular weight excluding hydrogens is 606 g/mol. The summed E-state index contributed by atoms with van der Waals surface area (Å²) in [4.78, 5) is 39.3. The molecule has 3 aromatic rings. The first-order chi connectivity index (χ1) is 18.6. The molecule has 1 aliphatic rings. The summed E-state index contributed by atoms with van der Waals surface area (Å²) in [7, 11) is 1.41. The largest absolute Gasteiger partial charge is 0.493 e. The molecule has 1 heterocycles. The summed E-state index contributed by atoms with van der Waals surface area (Å²) in [5.41, 5.74) is 2.38. The summed E-state index contributed by atoms with van der Waals surface area (Å²) in [5, 5.41) is 3.63. The Morgan fingerprint density at radius 1 is 1.00 bits per heavy atom. The second-order valence-corrected chi connectivity index (χ2v) is 10.9. The molecule has 3 aromatic carbocycles. The maximum Gasteiger partial charge on any atom is 0.293 e. The van der Waals surface area contributed by atoms with Gasteiger partial charge >= 0.3 is 0 Å². The van der Waals surface area contributed by atoms with E-state index >= 15 is 0 Å². The fourth-order valence-electron chi connectivity index (χ4n) is 3.60. The molecule has 0 unspecified atom stereocenters. The molecule has 0 atom stereocenters. The van der Waals surface area contributed by atoms with Gasteiger partial charge in [-0.05, 0) is 72.3 Å². The molecule has 39 heavy (non-hydrogen) atoms. The number of anilines is 1. The third-order valence-corrected chi connectivity index (χ3v) is 7.91. The van der Waals surface area contributed by atoms with Crippen molar-refractivity contribution < 1.29 is 23.9 Å². The first-order valence-electron chi connectivity index (χ1n) is 11.3. The zero-order chi connectivity index (χ0) is 28.3. The van der Waals surface area contributed by atoms with Crippen LogP contribution in [-0.2, 0) is 16.1 Å². The number of ether oxygens (including phenoxy) is 2. The van der Waals surface area contributed by atoms with E-state index in [1.54, 1.807) is 42.5 Å². The highest BCUT2D eigenvalue weighted by Gasteiger charge is 2.36. The lowest BCUT2D eigenvalue weighted by atomic mass is 10.1. The minimum absolute atomic E-state index is 0.0613. The number of hydrogen-bond donors (Lipinski definition) is 1. The van der Waals surface area contributed by atoms with Crippen molar-refractivity contribution in [2.24, 2.45) is 0 Å². The lowest BCUT2D eigenvalue weighted by Gasteiger charge is -2.15. The van der Waals surface area contributed by atoms with Crippen LogP contribution in [0.1, 0.15) is 16.7 Å². The second kappa shape index (κ2) is 12.5. The van der Waals surface area contributed by atoms with Crippen molar-refractivity contribution in [2.45, 2.75) is 13.5 Å². The smallest absolute Gasteiger partial charge is 0.293 e. The van der Waals surface area contributed by atoms with Gasteiger partial charge in [-0.1, -0.05) is 58.5 Å². The van der Waals surface area contributed by atoms with Crippen LogP contribution in [0.25, 0.3) is 6.08 Å². The van der Waals surface area contributed by atoms with Gasteiger partial charge in [0, 0.05) is 26.3 Å². The molecule has 3 amide bonds. The van der Waals surface area contributed by atoms with Crippen LogP contribution in [0.4, 0.5) is 10.5 Å². The molecule has 12 heteroatoms. The minimum atomic E-state index is -0.496. The number of hydrogen-bond acceptors (Lipinski definition) is 6. The Kier molecular flexibility index (Phi) is 9.35. The van der Waals surface area contributed by atoms with Gasteiger partial charge in [-0.3, -0.25) is 19.3 Å². The minimum Gasteiger partial charge on any atom is -0.493 e. The van der Waals surface area contributed by atoms with Crippen molar-refractivity contribution in [3.8, 4) is 11.5 Å². The van der Waals surface area contributed by atoms with E-state index < -0.39 is 17.1 Å². The standard InChI is InChI=1S/C27H20Cl4N2O5S/c1-14-6-7-16(11-20(14)30)32-24(34)13-38-25-21(31)8-15(9-22(25)37-2)10-23-26(35)33(27(36)39-23)12-17-18(28)4-3-5-19(17)29/h3-11H,12-13H2,1-2H3,(H,32,34)/b23-10-. The number of nitrogens with one attached hydrogen (secondary N) is 1. The van der Waals surface area contributed by atoms with Gasteiger partial charge in [-0.2, -0.15) is 0 Å². The summed E-state index contributed by atoms with van der Waals surface area (Å²) in [6.07, 6.45) is 1.52. The lowest BCUT2D eigenvalue weighted by molar-refractivity contribution is -0.123. The second-order valence-electron chi connectivity index (χ2n) is 8.30. The zero-order valence-electron chi connectivity index (χ0n) is 20.5. The SMILES string of the molecule is COc1cc(/C=C2\SC(=O)N(Cc3c(Cl)cccc3Cl)C2=O)cc(Cl)c1OCC(=O)Nc1ccc(C)c(Cl)c1. The first kappa shape index (κ1) is 29.1. The van der Waals surface area contributed by atoms with Gasteiger partial charge in [-0.25, -0.2) is 0 Å². The van der Waals surface area contributed by atoms with Crippen LogP contribution in [0, 0.1) is 6.92 Å². The third kappa shape index (κ3) is 6.83. The highest BCUT2D eigenvalue weighted by Crippen LogP contribution is 2.40. The number of imide groups is 1. The molecule has 0 aliphatic carbocycles. The van der Waals surface area contributed by atoms with Crippen LogP contribution in [0.5, 0.6) is 11.5 Å². The van der Waals surface area contributed by atoms with E-state index in [9.17, 15) is 14.4 Å². The molecule has 1 fully saturated rings. The van der Waals surface area contributed by atoms with Crippen molar-refractivity contribution in [3.63, 3.8) is 0 Å². The number of aryl methyl sites for hydroxylation is 1. The van der Waals surface area contributed by atoms with Gasteiger partial charge < -0.3 is 14.8 Å². The molecule has 202 valence electrons. The molecule has 4 rings (SSSR count). The molecule has 1 saturated heterocycles. The van der Waals surface area contributed by atoms with Crippen molar-refractivity contribution in [2.75, 3.05) is 19.0 Å². The van der Waals surface area contributed by atoms with Crippen LogP contribution in [-0.4, -0.2) is 35.7 Å². The van der Waals surface area contributed by atoms with E-state index in [2.05, 4.69) is 5.32 Å². The zero-order valence-corrected chi connectivity index (χ0v) is 24.4. The number of halogens is 4. The number of rotatable bonds is 8. The molecule has 0 bridgehead atoms. The number of carbonyl (C=O) groups is 3. The van der Waals surface area contributed by atoms with Crippen LogP contribution in [0.3, 0.4) is 0 Å². The van der Waals surface area contributed by atoms with Gasteiger partial charge in [0.05, 0.1) is 23.6 Å². The Morgan fingerprint density at radius 2 is 1.72 bits per heavy atom. The number of benzene rings is 3. The monoisotopic (exact) mass is 624 g/mol. The summed E-state index contributed by atoms with van der Waals surface area (Å²) in [5.74, 6) is -0.537. The van der Waals surface area contributed by atoms with Crippen molar-refractivity contribution >= 4 is 87.0 Å². The van der Waals surface area contributed by atoms with Gasteiger partial charge in [0.25, 0.3) is 17.1 Å². The van der Waals surface area contributed by atoms with E-state index in [0.717, 1.165) is 22.2 Å². The third-order valence-electron chi connectivity index (χ3n) is 5.60. The van der Waals surface area contributed by atoms with Gasteiger partial charge in [0.15, 0.2) is 18.1 Å². The first-order valence-corrected chi connectivity index (χ1v) is 13.6. The fraction of sp³-hybridized carbons (Fsp3) is 0.148. The van der Waals surface area contributed by atoms with Crippen molar-refractivity contribution in [3.05, 3.63) is 90.2 Å². The van der Waals surface area contributed by atoms with Crippen LogP contribution < -0.4 is 14.8 Å². The van der Waals surface area contributed by atoms with Gasteiger partial charge in [0.1, 0.15) is 0 Å². The molecule has 7 nitrogen and oxygen atoms in total. The molecule has 0 aromatic heterocycles. The number of carbonyl (C=O) groups excluding carboxylic acids is 3. The number of nitrogens with zero attached hydrogens (tertiary/aromatic N) is 1. The maximum absolute atomic E-state index is 13.0. The molecule has 1 N–H and O–H groups in total. The summed E-state index contributed by atoms with van der Waals surface area (Å²) in [6, 6.07) is 13.2. The van der Waals surface area contributed by atoms with E-state index in [-0.39, 0.29) is 34.6 Å². The average molecular weight is 626 g/mol. The van der Waals surface area contributed by atoms with Crippen LogP contribution in [0.2, 0.25) is 20.1 Å². The van der Waals surface area contributed by atoms with E-state index in [4.69, 9.17) is 55.9 Å². The Labute approximate surface area is 248 Å². The number of thioether (sulfide) groups is 1. The van der Waals surface area contributed by atoms with Crippen LogP contribution in [0.15, 0.2) is 53.4 Å². The molecular formula is C27H20Cl4N2O5S. The Morgan fingerprint density at radius 3 is 2.38 bits per heavy atom. The summed E-state index contributed by atoms with van der Waals surface area (Å²) in [6.45, 7) is 1.45. The van der Waals surface area contributed by atoms with Crippen LogP contribution >= 0.6 is 58.2 Å². The molecule has 0 spiro atoms. The van der Waals surface area contributed by atoms with Crippen molar-refractivity contribution in [1.82, 2.24) is 4.90 Å². The molecule has 1 aliphatic heterocycles. The normalized spacial score (nSPS) is 14.2. The fourth-order valence-corrected chi connectivity index (χ4v) is 5.41. The summed E-state index contributed by atoms with van der Waals surface area (Å²) < 4.78 is 11.0. The van der Waals surface area contributed by atoms with E-state index in [1.165, 1.54) is 19.3 Å². The number of methoxy groups -OCH3 is 1. The van der Waals surface area contributed by atoms with E-state index in [1.807, 2.05) is 6.92 Å². The Balaban J connectivity index is 1.48. The topological polar surface area (TPSA) is 84.9 Å². The highest BCUT2D eigenvalue weighted by atomic mass is 35.5. The maximum atomic E-state index is 13.0. The Hall–Kier alpha value is -2.88. The molecule has 0 saturated carbocycles. The van der Waals surface area contributed by atoms with Gasteiger partial charge in [-0.15, -0.1) is 0 Å². The van der Waals surface area contributed by atoms with Crippen molar-refractivity contribution in [1.29, 1.82) is 0 Å². The van der Waals surface area contributed by atoms with Gasteiger partial charge in [0.2, 0.25) is 0 Å².